The van der Waals surface area contributed by atoms with Crippen molar-refractivity contribution in [2.45, 2.75) is 85.0 Å². The number of aliphatic carboxylic acids is 1. The number of carboxylic acid groups (broad SMARTS) is 1. The number of imide groups is 1. The van der Waals surface area contributed by atoms with Gasteiger partial charge in [0.1, 0.15) is 6.61 Å². The summed E-state index contributed by atoms with van der Waals surface area (Å²) in [4.78, 5) is 53.9. The van der Waals surface area contributed by atoms with Crippen LogP contribution in [-0.4, -0.2) is 51.4 Å². The fourth-order valence-corrected chi connectivity index (χ4v) is 4.10. The maximum atomic E-state index is 13.7. The Morgan fingerprint density at radius 2 is 1.40 bits per heavy atom. The van der Waals surface area contributed by atoms with Crippen LogP contribution in [0, 0.1) is 17.8 Å². The smallest absolute Gasteiger partial charge is 0.418 e. The summed E-state index contributed by atoms with van der Waals surface area (Å²) in [5.74, 6) is -3.95. The molecular formula is C26H41N3O6. The molecule has 0 aliphatic carbocycles. The SMILES string of the molecule is CC(C)CC(N)C(=O)N(C(=O)OCc1ccccc1)C(CC(C)C)(C(=O)O)C(=O)C(N)CC(C)C. The van der Waals surface area contributed by atoms with Crippen molar-refractivity contribution < 1.29 is 29.0 Å². The van der Waals surface area contributed by atoms with Gasteiger partial charge in [0.2, 0.25) is 11.4 Å². The molecule has 0 fully saturated rings. The molecule has 9 nitrogen and oxygen atoms in total. The number of ketones is 1. The van der Waals surface area contributed by atoms with Gasteiger partial charge in [0.05, 0.1) is 12.1 Å². The first-order valence-electron chi connectivity index (χ1n) is 12.1. The number of amides is 2. The summed E-state index contributed by atoms with van der Waals surface area (Å²) < 4.78 is 5.37. The molecule has 9 heteroatoms. The van der Waals surface area contributed by atoms with Gasteiger partial charge in [-0.25, -0.2) is 14.5 Å². The van der Waals surface area contributed by atoms with Crippen molar-refractivity contribution in [3.05, 3.63) is 35.9 Å². The van der Waals surface area contributed by atoms with Gasteiger partial charge >= 0.3 is 12.1 Å². The third-order valence-corrected chi connectivity index (χ3v) is 5.56. The Balaban J connectivity index is 3.63. The van der Waals surface area contributed by atoms with Gasteiger partial charge in [-0.3, -0.25) is 9.59 Å². The van der Waals surface area contributed by atoms with Crippen LogP contribution in [0.2, 0.25) is 0 Å². The number of ether oxygens (including phenoxy) is 1. The topological polar surface area (TPSA) is 153 Å². The van der Waals surface area contributed by atoms with Crippen LogP contribution in [0.1, 0.15) is 66.4 Å². The lowest BCUT2D eigenvalue weighted by molar-refractivity contribution is -0.165. The highest BCUT2D eigenvalue weighted by Crippen LogP contribution is 2.31. The molecule has 3 unspecified atom stereocenters. The average molecular weight is 492 g/mol. The minimum Gasteiger partial charge on any atom is -0.479 e. The Kier molecular flexibility index (Phi) is 11.5. The fourth-order valence-electron chi connectivity index (χ4n) is 4.10. The molecule has 0 bridgehead atoms. The minimum atomic E-state index is -2.55. The number of nitrogens with zero attached hydrogens (tertiary/aromatic N) is 1. The number of hydrogen-bond donors (Lipinski definition) is 3. The zero-order valence-electron chi connectivity index (χ0n) is 21.7. The van der Waals surface area contributed by atoms with Crippen molar-refractivity contribution in [3.63, 3.8) is 0 Å². The second-order valence-corrected chi connectivity index (χ2v) is 10.3. The van der Waals surface area contributed by atoms with Crippen LogP contribution in [0.4, 0.5) is 4.79 Å². The molecule has 1 aromatic carbocycles. The second kappa shape index (κ2) is 13.3. The molecule has 3 atom stereocenters. The van der Waals surface area contributed by atoms with E-state index < -0.39 is 41.4 Å². The zero-order valence-corrected chi connectivity index (χ0v) is 21.7. The van der Waals surface area contributed by atoms with E-state index >= 15 is 0 Å². The van der Waals surface area contributed by atoms with Crippen LogP contribution in [0.25, 0.3) is 0 Å². The number of Topliss-reactive ketones (excluding diaryl/α,β-unsaturated/α-hetero) is 1. The predicted molar refractivity (Wildman–Crippen MR) is 133 cm³/mol. The van der Waals surface area contributed by atoms with Gasteiger partial charge in [-0.15, -0.1) is 0 Å². The fraction of sp³-hybridized carbons (Fsp3) is 0.615. The van der Waals surface area contributed by atoms with E-state index in [-0.39, 0.29) is 43.6 Å². The van der Waals surface area contributed by atoms with Crippen LogP contribution in [0.3, 0.4) is 0 Å². The highest BCUT2D eigenvalue weighted by molar-refractivity contribution is 6.16. The van der Waals surface area contributed by atoms with Crippen molar-refractivity contribution in [3.8, 4) is 0 Å². The molecule has 0 aromatic heterocycles. The van der Waals surface area contributed by atoms with E-state index in [0.29, 0.717) is 10.5 Å². The molecule has 0 aliphatic rings. The molecule has 196 valence electrons. The summed E-state index contributed by atoms with van der Waals surface area (Å²) in [6.45, 7) is 10.5. The van der Waals surface area contributed by atoms with Gasteiger partial charge in [0, 0.05) is 0 Å². The second-order valence-electron chi connectivity index (χ2n) is 10.3. The maximum Gasteiger partial charge on any atom is 0.418 e. The standard InChI is InChI=1S/C26H41N3O6/c1-16(2)12-20(27)22(30)26(24(32)33,14-18(5)6)29(23(31)21(28)13-17(3)4)25(34)35-15-19-10-8-7-9-11-19/h7-11,16-18,20-21H,12-15,27-28H2,1-6H3,(H,32,33). The molecule has 0 saturated carbocycles. The lowest BCUT2D eigenvalue weighted by atomic mass is 9.78. The molecule has 0 saturated heterocycles. The van der Waals surface area contributed by atoms with Crippen molar-refractivity contribution in [2.75, 3.05) is 0 Å². The number of carbonyl (C=O) groups excluding carboxylic acids is 3. The van der Waals surface area contributed by atoms with Crippen LogP contribution >= 0.6 is 0 Å². The normalized spacial score (nSPS) is 14.9. The Labute approximate surface area is 208 Å². The molecule has 1 aromatic rings. The monoisotopic (exact) mass is 491 g/mol. The summed E-state index contributed by atoms with van der Waals surface area (Å²) in [7, 11) is 0. The van der Waals surface area contributed by atoms with E-state index in [2.05, 4.69) is 0 Å². The number of carbonyl (C=O) groups is 4. The summed E-state index contributed by atoms with van der Waals surface area (Å²) >= 11 is 0. The molecule has 2 amide bonds. The average Bonchev–Trinajstić information content (AvgIpc) is 2.75. The first-order chi connectivity index (χ1) is 16.2. The lowest BCUT2D eigenvalue weighted by Crippen LogP contribution is -2.69. The van der Waals surface area contributed by atoms with Gasteiger partial charge in [-0.05, 0) is 42.6 Å². The van der Waals surface area contributed by atoms with Crippen molar-refractivity contribution in [1.29, 1.82) is 0 Å². The molecule has 0 spiro atoms. The quantitative estimate of drug-likeness (QED) is 0.355. The minimum absolute atomic E-state index is 0.0145. The number of carboxylic acids is 1. The summed E-state index contributed by atoms with van der Waals surface area (Å²) in [6, 6.07) is 6.30. The van der Waals surface area contributed by atoms with Crippen LogP contribution < -0.4 is 11.5 Å². The molecule has 0 radical (unpaired) electrons. The molecule has 0 heterocycles. The van der Waals surface area contributed by atoms with Gasteiger partial charge < -0.3 is 21.3 Å². The molecule has 35 heavy (non-hydrogen) atoms. The van der Waals surface area contributed by atoms with E-state index in [0.717, 1.165) is 0 Å². The van der Waals surface area contributed by atoms with Gasteiger partial charge in [0.15, 0.2) is 5.78 Å². The summed E-state index contributed by atoms with van der Waals surface area (Å²) in [5, 5.41) is 10.4. The van der Waals surface area contributed by atoms with Gasteiger partial charge in [0.25, 0.3) is 0 Å². The van der Waals surface area contributed by atoms with Crippen molar-refractivity contribution in [1.82, 2.24) is 4.90 Å². The molecule has 5 N–H and O–H groups in total. The first kappa shape index (κ1) is 30.3. The Morgan fingerprint density at radius 1 is 0.886 bits per heavy atom. The molecule has 1 rings (SSSR count). The van der Waals surface area contributed by atoms with Gasteiger partial charge in [-0.2, -0.15) is 0 Å². The van der Waals surface area contributed by atoms with E-state index in [1.165, 1.54) is 0 Å². The third-order valence-electron chi connectivity index (χ3n) is 5.56. The number of benzene rings is 1. The van der Waals surface area contributed by atoms with E-state index in [4.69, 9.17) is 16.2 Å². The van der Waals surface area contributed by atoms with E-state index in [1.54, 1.807) is 44.2 Å². The van der Waals surface area contributed by atoms with Crippen LogP contribution in [0.15, 0.2) is 30.3 Å². The highest BCUT2D eigenvalue weighted by atomic mass is 16.6. The molecular weight excluding hydrogens is 450 g/mol. The Bertz CT molecular complexity index is 871. The largest absolute Gasteiger partial charge is 0.479 e. The van der Waals surface area contributed by atoms with Gasteiger partial charge in [-0.1, -0.05) is 71.9 Å². The predicted octanol–water partition coefficient (Wildman–Crippen LogP) is 3.34. The van der Waals surface area contributed by atoms with E-state index in [9.17, 15) is 24.3 Å². The first-order valence-corrected chi connectivity index (χ1v) is 12.1. The Hall–Kier alpha value is -2.78. The van der Waals surface area contributed by atoms with Crippen molar-refractivity contribution in [2.24, 2.45) is 29.2 Å². The number of nitrogens with two attached hydrogens (primary N) is 2. The van der Waals surface area contributed by atoms with Crippen LogP contribution in [-0.2, 0) is 25.7 Å². The highest BCUT2D eigenvalue weighted by Gasteiger charge is 2.58. The van der Waals surface area contributed by atoms with E-state index in [1.807, 2.05) is 27.7 Å². The van der Waals surface area contributed by atoms with Crippen LogP contribution in [0.5, 0.6) is 0 Å². The number of rotatable bonds is 13. The summed E-state index contributed by atoms with van der Waals surface area (Å²) in [5.41, 5.74) is 10.3. The Morgan fingerprint density at radius 3 is 1.86 bits per heavy atom. The number of hydrogen-bond acceptors (Lipinski definition) is 7. The molecule has 0 aliphatic heterocycles. The lowest BCUT2D eigenvalue weighted by Gasteiger charge is -2.40. The summed E-state index contributed by atoms with van der Waals surface area (Å²) in [6.07, 6.45) is -1.20. The third kappa shape index (κ3) is 8.14. The van der Waals surface area contributed by atoms with Crippen molar-refractivity contribution >= 4 is 23.8 Å². The maximum absolute atomic E-state index is 13.7. The zero-order chi connectivity index (χ0) is 26.9.